The average molecular weight is 317 g/mol. The van der Waals surface area contributed by atoms with Gasteiger partial charge in [0.05, 0.1) is 22.1 Å². The largest absolute Gasteiger partial charge is 0.299 e. The predicted molar refractivity (Wildman–Crippen MR) is 82.9 cm³/mol. The quantitative estimate of drug-likeness (QED) is 0.858. The molecule has 2 aliphatic heterocycles. The number of fused-ring (bicyclic) bond motifs is 2. The highest BCUT2D eigenvalue weighted by atomic mass is 32.2. The number of hydrogen-bond donors (Lipinski definition) is 0. The molecule has 2 atom stereocenters. The van der Waals surface area contributed by atoms with E-state index in [9.17, 15) is 13.2 Å². The number of nitriles is 1. The predicted octanol–water partition coefficient (Wildman–Crippen LogP) is 2.42. The standard InChI is InChI=1S/C17H19NO3S/c18-11-13-6-4-12(5-7-13)8-17(19)14-9-15-2-1-3-16(10-14)22(15,20)21/h4-7,14-16H,1-3,8-10H2. The van der Waals surface area contributed by atoms with Crippen molar-refractivity contribution in [2.75, 3.05) is 0 Å². The van der Waals surface area contributed by atoms with E-state index in [1.165, 1.54) is 0 Å². The van der Waals surface area contributed by atoms with Crippen molar-refractivity contribution < 1.29 is 13.2 Å². The van der Waals surface area contributed by atoms with Crippen LogP contribution in [0.2, 0.25) is 0 Å². The lowest BCUT2D eigenvalue weighted by molar-refractivity contribution is -0.122. The highest BCUT2D eigenvalue weighted by Crippen LogP contribution is 2.39. The summed E-state index contributed by atoms with van der Waals surface area (Å²) in [5, 5.41) is 8.16. The van der Waals surface area contributed by atoms with Crippen molar-refractivity contribution in [1.82, 2.24) is 0 Å². The van der Waals surface area contributed by atoms with Gasteiger partial charge in [0.1, 0.15) is 5.78 Å². The molecule has 0 aliphatic carbocycles. The number of rotatable bonds is 3. The van der Waals surface area contributed by atoms with Crippen molar-refractivity contribution in [3.05, 3.63) is 35.4 Å². The molecule has 0 N–H and O–H groups in total. The van der Waals surface area contributed by atoms with Crippen LogP contribution in [0.3, 0.4) is 0 Å². The summed E-state index contributed by atoms with van der Waals surface area (Å²) in [4.78, 5) is 12.5. The average Bonchev–Trinajstić information content (AvgIpc) is 2.46. The molecule has 22 heavy (non-hydrogen) atoms. The molecular formula is C17H19NO3S. The lowest BCUT2D eigenvalue weighted by Crippen LogP contribution is -2.45. The van der Waals surface area contributed by atoms with Crippen LogP contribution in [0.25, 0.3) is 0 Å². The molecule has 2 saturated heterocycles. The molecule has 2 heterocycles. The van der Waals surface area contributed by atoms with E-state index in [0.717, 1.165) is 12.0 Å². The fourth-order valence-electron chi connectivity index (χ4n) is 3.71. The Balaban J connectivity index is 1.69. The fourth-order valence-corrected chi connectivity index (χ4v) is 6.25. The van der Waals surface area contributed by atoms with Crippen molar-refractivity contribution in [1.29, 1.82) is 5.26 Å². The third-order valence-electron chi connectivity index (χ3n) is 4.99. The maximum atomic E-state index is 12.5. The van der Waals surface area contributed by atoms with Gasteiger partial charge in [0.15, 0.2) is 9.84 Å². The molecule has 2 aliphatic rings. The summed E-state index contributed by atoms with van der Waals surface area (Å²) in [5.41, 5.74) is 1.47. The van der Waals surface area contributed by atoms with E-state index in [1.807, 2.05) is 0 Å². The Morgan fingerprint density at radius 1 is 1.14 bits per heavy atom. The summed E-state index contributed by atoms with van der Waals surface area (Å²) in [6.45, 7) is 0. The summed E-state index contributed by atoms with van der Waals surface area (Å²) in [6, 6.07) is 9.08. The van der Waals surface area contributed by atoms with Crippen LogP contribution in [-0.4, -0.2) is 24.7 Å². The van der Waals surface area contributed by atoms with Crippen molar-refractivity contribution in [3.8, 4) is 6.07 Å². The lowest BCUT2D eigenvalue weighted by Gasteiger charge is -2.38. The van der Waals surface area contributed by atoms with Crippen molar-refractivity contribution in [3.63, 3.8) is 0 Å². The minimum atomic E-state index is -3.00. The summed E-state index contributed by atoms with van der Waals surface area (Å²) in [5.74, 6) is 0.00553. The van der Waals surface area contributed by atoms with Crippen molar-refractivity contribution in [2.24, 2.45) is 5.92 Å². The van der Waals surface area contributed by atoms with Gasteiger partial charge in [-0.05, 0) is 43.4 Å². The summed E-state index contributed by atoms with van der Waals surface area (Å²) >= 11 is 0. The monoisotopic (exact) mass is 317 g/mol. The number of sulfone groups is 1. The lowest BCUT2D eigenvalue weighted by atomic mass is 9.85. The first kappa shape index (κ1) is 15.2. The molecule has 0 aromatic heterocycles. The zero-order valence-electron chi connectivity index (χ0n) is 12.4. The maximum Gasteiger partial charge on any atom is 0.156 e. The molecule has 4 nitrogen and oxygen atoms in total. The highest BCUT2D eigenvalue weighted by molar-refractivity contribution is 7.92. The Labute approximate surface area is 131 Å². The van der Waals surface area contributed by atoms with Gasteiger partial charge < -0.3 is 0 Å². The molecular weight excluding hydrogens is 298 g/mol. The number of hydrogen-bond acceptors (Lipinski definition) is 4. The summed E-state index contributed by atoms with van der Waals surface area (Å²) < 4.78 is 24.5. The molecule has 2 bridgehead atoms. The van der Waals surface area contributed by atoms with Gasteiger partial charge in [-0.2, -0.15) is 5.26 Å². The number of nitrogens with zero attached hydrogens (tertiary/aromatic N) is 1. The molecule has 0 saturated carbocycles. The molecule has 116 valence electrons. The van der Waals surface area contributed by atoms with Crippen molar-refractivity contribution >= 4 is 15.6 Å². The molecule has 2 unspecified atom stereocenters. The molecule has 2 fully saturated rings. The second kappa shape index (κ2) is 5.85. The number of benzene rings is 1. The minimum Gasteiger partial charge on any atom is -0.299 e. The summed E-state index contributed by atoms with van der Waals surface area (Å²) in [7, 11) is -3.00. The van der Waals surface area contributed by atoms with Gasteiger partial charge in [-0.1, -0.05) is 18.6 Å². The molecule has 1 aromatic rings. The third-order valence-corrected chi connectivity index (χ3v) is 7.71. The molecule has 0 amide bonds. The Hall–Kier alpha value is -1.67. The van der Waals surface area contributed by atoms with Crippen LogP contribution in [0.5, 0.6) is 0 Å². The van der Waals surface area contributed by atoms with Crippen molar-refractivity contribution in [2.45, 2.75) is 49.0 Å². The van der Waals surface area contributed by atoms with Crippen LogP contribution in [0, 0.1) is 17.2 Å². The van der Waals surface area contributed by atoms with Gasteiger partial charge >= 0.3 is 0 Å². The molecule has 1 aromatic carbocycles. The first-order valence-corrected chi connectivity index (χ1v) is 9.36. The van der Waals surface area contributed by atoms with Crippen LogP contribution in [0.1, 0.15) is 43.2 Å². The molecule has 5 heteroatoms. The van der Waals surface area contributed by atoms with Crippen LogP contribution in [0.15, 0.2) is 24.3 Å². The second-order valence-corrected chi connectivity index (χ2v) is 8.90. The van der Waals surface area contributed by atoms with Crippen LogP contribution in [0.4, 0.5) is 0 Å². The number of carbonyl (C=O) groups excluding carboxylic acids is 1. The van der Waals surface area contributed by atoms with Gasteiger partial charge in [0, 0.05) is 12.3 Å². The topological polar surface area (TPSA) is 75.0 Å². The van der Waals surface area contributed by atoms with Crippen LogP contribution in [-0.2, 0) is 21.1 Å². The highest BCUT2D eigenvalue weighted by Gasteiger charge is 2.45. The third kappa shape index (κ3) is 2.80. The smallest absolute Gasteiger partial charge is 0.156 e. The number of Topliss-reactive ketones (excluding diaryl/α,β-unsaturated/α-hetero) is 1. The zero-order chi connectivity index (χ0) is 15.7. The normalized spacial score (nSPS) is 29.5. The van der Waals surface area contributed by atoms with Gasteiger partial charge in [-0.3, -0.25) is 4.79 Å². The Bertz CT molecular complexity index is 695. The Morgan fingerprint density at radius 3 is 2.27 bits per heavy atom. The van der Waals surface area contributed by atoms with E-state index >= 15 is 0 Å². The van der Waals surface area contributed by atoms with E-state index in [2.05, 4.69) is 6.07 Å². The summed E-state index contributed by atoms with van der Waals surface area (Å²) in [6.07, 6.45) is 3.70. The first-order chi connectivity index (χ1) is 10.5. The Kier molecular flexibility index (Phi) is 4.05. The van der Waals surface area contributed by atoms with E-state index in [4.69, 9.17) is 5.26 Å². The van der Waals surface area contributed by atoms with Crippen LogP contribution >= 0.6 is 0 Å². The van der Waals surface area contributed by atoms with Gasteiger partial charge in [0.2, 0.25) is 0 Å². The van der Waals surface area contributed by atoms with Crippen LogP contribution < -0.4 is 0 Å². The second-order valence-electron chi connectivity index (χ2n) is 6.38. The van der Waals surface area contributed by atoms with E-state index in [-0.39, 0.29) is 22.2 Å². The Morgan fingerprint density at radius 2 is 1.73 bits per heavy atom. The first-order valence-electron chi connectivity index (χ1n) is 7.75. The SMILES string of the molecule is N#Cc1ccc(CC(=O)C2CC3CCCC(C2)S3(=O)=O)cc1. The van der Waals surface area contributed by atoms with E-state index in [1.54, 1.807) is 24.3 Å². The molecule has 0 spiro atoms. The molecule has 3 rings (SSSR count). The van der Waals surface area contributed by atoms with Gasteiger partial charge in [-0.25, -0.2) is 8.42 Å². The minimum absolute atomic E-state index is 0.130. The van der Waals surface area contributed by atoms with E-state index < -0.39 is 9.84 Å². The number of ketones is 1. The van der Waals surface area contributed by atoms with Gasteiger partial charge in [-0.15, -0.1) is 0 Å². The fraction of sp³-hybridized carbons (Fsp3) is 0.529. The zero-order valence-corrected chi connectivity index (χ0v) is 13.2. The number of carbonyl (C=O) groups is 1. The van der Waals surface area contributed by atoms with Gasteiger partial charge in [0.25, 0.3) is 0 Å². The van der Waals surface area contributed by atoms with E-state index in [0.29, 0.717) is 37.7 Å². The maximum absolute atomic E-state index is 12.5. The molecule has 0 radical (unpaired) electrons.